The molecule has 0 aliphatic carbocycles. The molecule has 0 spiro atoms. The molecule has 1 atom stereocenters. The van der Waals surface area contributed by atoms with E-state index in [0.717, 1.165) is 24.2 Å². The van der Waals surface area contributed by atoms with Gasteiger partial charge in [0.15, 0.2) is 5.65 Å². The monoisotopic (exact) mass is 387 g/mol. The lowest BCUT2D eigenvalue weighted by Gasteiger charge is -2.26. The van der Waals surface area contributed by atoms with Gasteiger partial charge in [-0.1, -0.05) is 0 Å². The highest BCUT2D eigenvalue weighted by atomic mass is 16.6. The molecule has 2 aromatic heterocycles. The molecule has 3 rings (SSSR count). The number of aromatic amines is 1. The molecule has 1 saturated heterocycles. The first kappa shape index (κ1) is 20.1. The van der Waals surface area contributed by atoms with Crippen molar-refractivity contribution in [1.82, 2.24) is 25.2 Å². The minimum absolute atomic E-state index is 0.0233. The number of rotatable bonds is 5. The molecule has 0 aromatic carbocycles. The van der Waals surface area contributed by atoms with Crippen molar-refractivity contribution in [3.05, 3.63) is 24.2 Å². The van der Waals surface area contributed by atoms with Crippen LogP contribution < -0.4 is 5.32 Å². The van der Waals surface area contributed by atoms with Crippen molar-refractivity contribution in [2.24, 2.45) is 5.41 Å². The van der Waals surface area contributed by atoms with Gasteiger partial charge in [0.1, 0.15) is 11.4 Å². The van der Waals surface area contributed by atoms with Crippen LogP contribution in [-0.2, 0) is 16.0 Å². The van der Waals surface area contributed by atoms with E-state index in [0.29, 0.717) is 31.7 Å². The first-order valence-electron chi connectivity index (χ1n) is 9.72. The van der Waals surface area contributed by atoms with Crippen molar-refractivity contribution in [2.75, 3.05) is 19.6 Å². The Morgan fingerprint density at radius 1 is 1.39 bits per heavy atom. The van der Waals surface area contributed by atoms with E-state index in [1.54, 1.807) is 11.1 Å². The average molecular weight is 387 g/mol. The van der Waals surface area contributed by atoms with E-state index in [2.05, 4.69) is 20.3 Å². The topological polar surface area (TPSA) is 100 Å². The summed E-state index contributed by atoms with van der Waals surface area (Å²) in [6, 6.07) is 3.81. The first-order valence-corrected chi connectivity index (χ1v) is 9.72. The summed E-state index contributed by atoms with van der Waals surface area (Å²) in [6.07, 6.45) is 3.50. The second kappa shape index (κ2) is 7.77. The molecule has 0 radical (unpaired) electrons. The van der Waals surface area contributed by atoms with Crippen LogP contribution in [0, 0.1) is 5.41 Å². The van der Waals surface area contributed by atoms with Gasteiger partial charge in [0.25, 0.3) is 0 Å². The molecule has 0 bridgehead atoms. The molecule has 8 nitrogen and oxygen atoms in total. The van der Waals surface area contributed by atoms with Crippen molar-refractivity contribution >= 4 is 23.2 Å². The SMILES string of the molecule is CC(C)(C)OC(=O)N1CCC(C)(C(=O)NCCCc2nc3ncccc3[nH]2)C1. The van der Waals surface area contributed by atoms with Crippen LogP contribution in [0.25, 0.3) is 11.2 Å². The third-order valence-electron chi connectivity index (χ3n) is 4.86. The maximum atomic E-state index is 12.6. The molecule has 152 valence electrons. The van der Waals surface area contributed by atoms with Gasteiger partial charge in [-0.2, -0.15) is 0 Å². The van der Waals surface area contributed by atoms with Gasteiger partial charge in [0.05, 0.1) is 10.9 Å². The van der Waals surface area contributed by atoms with Gasteiger partial charge in [-0.15, -0.1) is 0 Å². The Morgan fingerprint density at radius 3 is 2.89 bits per heavy atom. The fourth-order valence-corrected chi connectivity index (χ4v) is 3.31. The highest BCUT2D eigenvalue weighted by Crippen LogP contribution is 2.31. The number of hydrogen-bond acceptors (Lipinski definition) is 5. The van der Waals surface area contributed by atoms with Crippen molar-refractivity contribution < 1.29 is 14.3 Å². The minimum Gasteiger partial charge on any atom is -0.444 e. The number of nitrogens with one attached hydrogen (secondary N) is 2. The van der Waals surface area contributed by atoms with Gasteiger partial charge in [-0.25, -0.2) is 14.8 Å². The molecule has 1 fully saturated rings. The zero-order valence-corrected chi connectivity index (χ0v) is 17.0. The molecule has 2 amide bonds. The number of hydrogen-bond donors (Lipinski definition) is 2. The Kier molecular flexibility index (Phi) is 5.58. The average Bonchev–Trinajstić information content (AvgIpc) is 3.21. The number of aromatic nitrogens is 3. The number of nitrogens with zero attached hydrogens (tertiary/aromatic N) is 3. The predicted molar refractivity (Wildman–Crippen MR) is 106 cm³/mol. The van der Waals surface area contributed by atoms with E-state index in [1.807, 2.05) is 39.8 Å². The van der Waals surface area contributed by atoms with Crippen molar-refractivity contribution in [1.29, 1.82) is 0 Å². The van der Waals surface area contributed by atoms with Gasteiger partial charge >= 0.3 is 6.09 Å². The summed E-state index contributed by atoms with van der Waals surface area (Å²) < 4.78 is 5.41. The summed E-state index contributed by atoms with van der Waals surface area (Å²) in [6.45, 7) is 8.89. The van der Waals surface area contributed by atoms with Crippen LogP contribution in [0.1, 0.15) is 46.4 Å². The number of carbonyl (C=O) groups is 2. The molecule has 1 aliphatic rings. The molecule has 2 aromatic rings. The van der Waals surface area contributed by atoms with Crippen LogP contribution in [0.4, 0.5) is 4.79 Å². The van der Waals surface area contributed by atoms with Crippen molar-refractivity contribution in [3.8, 4) is 0 Å². The number of amides is 2. The Hall–Kier alpha value is -2.64. The van der Waals surface area contributed by atoms with E-state index in [4.69, 9.17) is 4.74 Å². The Balaban J connectivity index is 1.44. The Morgan fingerprint density at radius 2 is 2.18 bits per heavy atom. The molecule has 1 aliphatic heterocycles. The number of aryl methyl sites for hydroxylation is 1. The lowest BCUT2D eigenvalue weighted by molar-refractivity contribution is -0.129. The number of fused-ring (bicyclic) bond motifs is 1. The van der Waals surface area contributed by atoms with E-state index < -0.39 is 11.0 Å². The Bertz CT molecular complexity index is 824. The molecular formula is C20H29N5O3. The third kappa shape index (κ3) is 4.79. The van der Waals surface area contributed by atoms with Gasteiger partial charge in [0, 0.05) is 32.3 Å². The highest BCUT2D eigenvalue weighted by molar-refractivity contribution is 5.84. The summed E-state index contributed by atoms with van der Waals surface area (Å²) in [7, 11) is 0. The molecule has 8 heteroatoms. The maximum absolute atomic E-state index is 12.6. The van der Waals surface area contributed by atoms with Gasteiger partial charge < -0.3 is 19.9 Å². The minimum atomic E-state index is -0.583. The third-order valence-corrected chi connectivity index (χ3v) is 4.86. The quantitative estimate of drug-likeness (QED) is 0.768. The second-order valence-corrected chi connectivity index (χ2v) is 8.63. The normalized spacial score (nSPS) is 19.8. The fourth-order valence-electron chi connectivity index (χ4n) is 3.31. The van der Waals surface area contributed by atoms with Crippen LogP contribution in [0.5, 0.6) is 0 Å². The smallest absolute Gasteiger partial charge is 0.410 e. The van der Waals surface area contributed by atoms with Crippen LogP contribution in [0.3, 0.4) is 0 Å². The van der Waals surface area contributed by atoms with Crippen LogP contribution in [0.2, 0.25) is 0 Å². The molecule has 1 unspecified atom stereocenters. The maximum Gasteiger partial charge on any atom is 0.410 e. The highest BCUT2D eigenvalue weighted by Gasteiger charge is 2.42. The number of imidazole rings is 1. The zero-order chi connectivity index (χ0) is 20.4. The summed E-state index contributed by atoms with van der Waals surface area (Å²) >= 11 is 0. The molecule has 28 heavy (non-hydrogen) atoms. The van der Waals surface area contributed by atoms with E-state index in [1.165, 1.54) is 0 Å². The molecule has 2 N–H and O–H groups in total. The zero-order valence-electron chi connectivity index (χ0n) is 17.0. The van der Waals surface area contributed by atoms with Crippen molar-refractivity contribution in [2.45, 2.75) is 52.6 Å². The summed E-state index contributed by atoms with van der Waals surface area (Å²) in [4.78, 5) is 38.4. The van der Waals surface area contributed by atoms with Crippen LogP contribution >= 0.6 is 0 Å². The molecule has 0 saturated carbocycles. The number of likely N-dealkylation sites (tertiary alicyclic amines) is 1. The largest absolute Gasteiger partial charge is 0.444 e. The molecule has 3 heterocycles. The summed E-state index contributed by atoms with van der Waals surface area (Å²) in [5, 5.41) is 3.00. The van der Waals surface area contributed by atoms with Crippen LogP contribution in [-0.4, -0.2) is 57.1 Å². The van der Waals surface area contributed by atoms with E-state index in [9.17, 15) is 9.59 Å². The van der Waals surface area contributed by atoms with E-state index in [-0.39, 0.29) is 12.0 Å². The number of ether oxygens (including phenoxy) is 1. The number of carbonyl (C=O) groups excluding carboxylic acids is 2. The lowest BCUT2D eigenvalue weighted by atomic mass is 9.89. The number of pyridine rings is 1. The predicted octanol–water partition coefficient (Wildman–Crippen LogP) is 2.65. The molecular weight excluding hydrogens is 358 g/mol. The van der Waals surface area contributed by atoms with Gasteiger partial charge in [-0.3, -0.25) is 4.79 Å². The second-order valence-electron chi connectivity index (χ2n) is 8.63. The fraction of sp³-hybridized carbons (Fsp3) is 0.600. The van der Waals surface area contributed by atoms with Crippen molar-refractivity contribution in [3.63, 3.8) is 0 Å². The first-order chi connectivity index (χ1) is 13.2. The van der Waals surface area contributed by atoms with Gasteiger partial charge in [0.2, 0.25) is 5.91 Å². The number of H-pyrrole nitrogens is 1. The van der Waals surface area contributed by atoms with Gasteiger partial charge in [-0.05, 0) is 52.7 Å². The van der Waals surface area contributed by atoms with Crippen LogP contribution in [0.15, 0.2) is 18.3 Å². The summed E-state index contributed by atoms with van der Waals surface area (Å²) in [5.74, 6) is 0.843. The van der Waals surface area contributed by atoms with E-state index >= 15 is 0 Å². The summed E-state index contributed by atoms with van der Waals surface area (Å²) in [5.41, 5.74) is 0.509. The standard InChI is InChI=1S/C20H29N5O3/c1-19(2,3)28-18(27)25-12-9-20(4,13-25)17(26)22-11-6-8-15-23-14-7-5-10-21-16(14)24-15/h5,7,10H,6,8-9,11-13H2,1-4H3,(H,22,26)(H,21,23,24). The Labute approximate surface area is 165 Å². The lowest BCUT2D eigenvalue weighted by Crippen LogP contribution is -2.43.